The molecule has 9 heteroatoms. The van der Waals surface area contributed by atoms with Gasteiger partial charge in [-0.15, -0.1) is 0 Å². The summed E-state index contributed by atoms with van der Waals surface area (Å²) in [6.07, 6.45) is 20.0. The van der Waals surface area contributed by atoms with Gasteiger partial charge in [-0.25, -0.2) is 9.59 Å². The zero-order valence-electron chi connectivity index (χ0n) is 23.9. The molecule has 0 saturated carbocycles. The van der Waals surface area contributed by atoms with E-state index in [4.69, 9.17) is 9.47 Å². The molecule has 0 aliphatic heterocycles. The van der Waals surface area contributed by atoms with E-state index >= 15 is 0 Å². The molecule has 214 valence electrons. The number of hydrogen-bond donors (Lipinski definition) is 2. The van der Waals surface area contributed by atoms with Crippen molar-refractivity contribution in [3.05, 3.63) is 72.4 Å². The molecule has 0 aromatic carbocycles. The molecule has 0 bridgehead atoms. The van der Waals surface area contributed by atoms with E-state index in [1.807, 2.05) is 37.3 Å². The maximum atomic E-state index is 13.1. The van der Waals surface area contributed by atoms with Crippen LogP contribution in [-0.4, -0.2) is 67.2 Å². The van der Waals surface area contributed by atoms with Gasteiger partial charge in [0, 0.05) is 32.0 Å². The summed E-state index contributed by atoms with van der Waals surface area (Å²) < 4.78 is 10.2. The standard InChI is InChI=1S/C30H43N3O6/c1-7-20-33(21-19-31-29(37)39-30(3,4)5)25(34)22-23(2)27(35)32-26(28(36)38-6)24-17-15-13-11-9-8-10-12-14-16-18-24/h8-18,23,26H,7,19-22H2,1-6H3,(H,31,37)(H,32,35). The van der Waals surface area contributed by atoms with Crippen molar-refractivity contribution >= 4 is 23.9 Å². The third kappa shape index (κ3) is 14.0. The van der Waals surface area contributed by atoms with Gasteiger partial charge in [0.15, 0.2) is 6.04 Å². The van der Waals surface area contributed by atoms with Crippen LogP contribution in [-0.2, 0) is 23.9 Å². The number of rotatable bonds is 11. The molecular formula is C30H43N3O6. The molecule has 0 heterocycles. The molecular weight excluding hydrogens is 498 g/mol. The molecule has 0 spiro atoms. The summed E-state index contributed by atoms with van der Waals surface area (Å²) in [6.45, 7) is 9.88. The number of methoxy groups -OCH3 is 1. The highest BCUT2D eigenvalue weighted by Crippen LogP contribution is 2.13. The molecule has 0 radical (unpaired) electrons. The van der Waals surface area contributed by atoms with E-state index in [0.29, 0.717) is 12.1 Å². The van der Waals surface area contributed by atoms with Gasteiger partial charge in [0.1, 0.15) is 5.60 Å². The second kappa shape index (κ2) is 17.6. The third-order valence-corrected chi connectivity index (χ3v) is 5.35. The molecule has 0 fully saturated rings. The van der Waals surface area contributed by atoms with Crippen LogP contribution in [0.5, 0.6) is 0 Å². The van der Waals surface area contributed by atoms with Crippen LogP contribution in [0.25, 0.3) is 0 Å². The number of ether oxygens (including phenoxy) is 2. The van der Waals surface area contributed by atoms with E-state index in [1.165, 1.54) is 7.11 Å². The van der Waals surface area contributed by atoms with Gasteiger partial charge in [0.25, 0.3) is 0 Å². The van der Waals surface area contributed by atoms with Crippen molar-refractivity contribution in [2.24, 2.45) is 5.92 Å². The van der Waals surface area contributed by atoms with Crippen molar-refractivity contribution in [2.45, 2.75) is 59.1 Å². The van der Waals surface area contributed by atoms with Gasteiger partial charge in [-0.05, 0) is 32.8 Å². The van der Waals surface area contributed by atoms with Crippen LogP contribution < -0.4 is 10.6 Å². The molecule has 2 unspecified atom stereocenters. The van der Waals surface area contributed by atoms with E-state index in [2.05, 4.69) is 10.6 Å². The van der Waals surface area contributed by atoms with Gasteiger partial charge in [-0.2, -0.15) is 0 Å². The monoisotopic (exact) mass is 541 g/mol. The van der Waals surface area contributed by atoms with Crippen molar-refractivity contribution in [1.29, 1.82) is 0 Å². The van der Waals surface area contributed by atoms with Crippen LogP contribution in [0.3, 0.4) is 0 Å². The number of esters is 1. The average molecular weight is 542 g/mol. The van der Waals surface area contributed by atoms with Crippen molar-refractivity contribution < 1.29 is 28.7 Å². The Morgan fingerprint density at radius 3 is 2.08 bits per heavy atom. The van der Waals surface area contributed by atoms with Gasteiger partial charge in [0.05, 0.1) is 7.11 Å². The lowest BCUT2D eigenvalue weighted by Crippen LogP contribution is -2.46. The van der Waals surface area contributed by atoms with E-state index in [0.717, 1.165) is 6.42 Å². The normalized spacial score (nSPS) is 14.8. The van der Waals surface area contributed by atoms with Crippen molar-refractivity contribution in [2.75, 3.05) is 26.7 Å². The number of alkyl carbamates (subject to hydrolysis) is 1. The number of carbonyl (C=O) groups excluding carboxylic acids is 4. The van der Waals surface area contributed by atoms with Crippen LogP contribution in [0.4, 0.5) is 4.79 Å². The zero-order valence-corrected chi connectivity index (χ0v) is 23.9. The fourth-order valence-corrected chi connectivity index (χ4v) is 3.43. The first kappa shape index (κ1) is 33.1. The first-order valence-electron chi connectivity index (χ1n) is 13.2. The highest BCUT2D eigenvalue weighted by Gasteiger charge is 2.28. The first-order chi connectivity index (χ1) is 18.5. The zero-order chi connectivity index (χ0) is 29.3. The highest BCUT2D eigenvalue weighted by atomic mass is 16.6. The summed E-state index contributed by atoms with van der Waals surface area (Å²) in [4.78, 5) is 52.2. The Bertz CT molecular complexity index is 1010. The predicted octanol–water partition coefficient (Wildman–Crippen LogP) is 4.15. The van der Waals surface area contributed by atoms with E-state index < -0.39 is 35.5 Å². The molecule has 0 aromatic heterocycles. The molecule has 1 aliphatic carbocycles. The van der Waals surface area contributed by atoms with Gasteiger partial charge in [-0.1, -0.05) is 80.7 Å². The number of nitrogens with one attached hydrogen (secondary N) is 2. The second-order valence-electron chi connectivity index (χ2n) is 9.94. The van der Waals surface area contributed by atoms with Gasteiger partial charge in [-0.3, -0.25) is 9.59 Å². The number of hydrogen-bond acceptors (Lipinski definition) is 6. The Hall–Kier alpha value is -3.88. The Balaban J connectivity index is 2.89. The Morgan fingerprint density at radius 1 is 0.923 bits per heavy atom. The molecule has 0 saturated heterocycles. The molecule has 9 nitrogen and oxygen atoms in total. The number of nitrogens with zero attached hydrogens (tertiary/aromatic N) is 1. The van der Waals surface area contributed by atoms with Gasteiger partial charge in [0.2, 0.25) is 11.8 Å². The number of allylic oxidation sites excluding steroid dienone is 10. The van der Waals surface area contributed by atoms with Gasteiger partial charge >= 0.3 is 12.1 Å². The van der Waals surface area contributed by atoms with Crippen LogP contribution in [0.1, 0.15) is 47.5 Å². The van der Waals surface area contributed by atoms with Gasteiger partial charge < -0.3 is 25.0 Å². The number of carbonyl (C=O) groups is 4. The van der Waals surface area contributed by atoms with Crippen LogP contribution in [0.15, 0.2) is 72.4 Å². The third-order valence-electron chi connectivity index (χ3n) is 5.35. The fourth-order valence-electron chi connectivity index (χ4n) is 3.43. The summed E-state index contributed by atoms with van der Waals surface area (Å²) in [5, 5.41) is 5.39. The molecule has 39 heavy (non-hydrogen) atoms. The Morgan fingerprint density at radius 2 is 1.51 bits per heavy atom. The first-order valence-corrected chi connectivity index (χ1v) is 13.2. The highest BCUT2D eigenvalue weighted by molar-refractivity contribution is 5.90. The van der Waals surface area contributed by atoms with Crippen LogP contribution in [0, 0.1) is 5.92 Å². The largest absolute Gasteiger partial charge is 0.467 e. The lowest BCUT2D eigenvalue weighted by atomic mass is 10.0. The number of amides is 3. The van der Waals surface area contributed by atoms with Crippen LogP contribution in [0.2, 0.25) is 0 Å². The fraction of sp³-hybridized carbons (Fsp3) is 0.467. The Labute approximate surface area is 232 Å². The summed E-state index contributed by atoms with van der Waals surface area (Å²) in [7, 11) is 1.26. The molecule has 0 aromatic rings. The minimum Gasteiger partial charge on any atom is -0.467 e. The summed E-state index contributed by atoms with van der Waals surface area (Å²) in [5.74, 6) is -2.01. The van der Waals surface area contributed by atoms with E-state index in [1.54, 1.807) is 69.1 Å². The molecule has 2 N–H and O–H groups in total. The lowest BCUT2D eigenvalue weighted by Gasteiger charge is -2.25. The minimum absolute atomic E-state index is 0.0547. The van der Waals surface area contributed by atoms with E-state index in [-0.39, 0.29) is 25.4 Å². The minimum atomic E-state index is -1.05. The smallest absolute Gasteiger partial charge is 0.407 e. The summed E-state index contributed by atoms with van der Waals surface area (Å²) in [6, 6.07) is -1.05. The maximum absolute atomic E-state index is 13.1. The van der Waals surface area contributed by atoms with E-state index in [9.17, 15) is 19.2 Å². The second-order valence-corrected chi connectivity index (χ2v) is 9.94. The summed E-state index contributed by atoms with van der Waals surface area (Å²) >= 11 is 0. The topological polar surface area (TPSA) is 114 Å². The molecule has 1 aliphatic rings. The van der Waals surface area contributed by atoms with Crippen molar-refractivity contribution in [3.8, 4) is 0 Å². The molecule has 1 rings (SSSR count). The quantitative estimate of drug-likeness (QED) is 0.380. The average Bonchev–Trinajstić information content (AvgIpc) is 2.85. The van der Waals surface area contributed by atoms with Crippen molar-refractivity contribution in [3.63, 3.8) is 0 Å². The lowest BCUT2D eigenvalue weighted by molar-refractivity contribution is -0.144. The SMILES string of the molecule is CCCN(CCNC(=O)OC(C)(C)C)C(=O)CC(C)C(=O)NC(C(=O)OC)C1=CC=CC=CC=CC=CC=C1. The summed E-state index contributed by atoms with van der Waals surface area (Å²) in [5.41, 5.74) is -0.0951. The predicted molar refractivity (Wildman–Crippen MR) is 153 cm³/mol. The molecule has 3 amide bonds. The molecule has 2 atom stereocenters. The maximum Gasteiger partial charge on any atom is 0.407 e. The van der Waals surface area contributed by atoms with Crippen molar-refractivity contribution in [1.82, 2.24) is 15.5 Å². The Kier molecular flexibility index (Phi) is 15.0. The van der Waals surface area contributed by atoms with Crippen LogP contribution >= 0.6 is 0 Å².